The van der Waals surface area contributed by atoms with Gasteiger partial charge in [-0.1, -0.05) is 0 Å². The number of fused-ring (bicyclic) bond motifs is 2. The maximum absolute atomic E-state index is 5.91. The molecule has 0 N–H and O–H groups in total. The molecule has 2 rings (SSSR count). The molecule has 0 aliphatic carbocycles. The second-order valence-corrected chi connectivity index (χ2v) is 6.94. The summed E-state index contributed by atoms with van der Waals surface area (Å²) in [5.74, 6) is 0. The van der Waals surface area contributed by atoms with E-state index in [1.807, 2.05) is 0 Å². The fourth-order valence-corrected chi connectivity index (χ4v) is 2.65. The van der Waals surface area contributed by atoms with Crippen molar-refractivity contribution < 1.29 is 4.74 Å². The molecule has 14 heavy (non-hydrogen) atoms. The van der Waals surface area contributed by atoms with Crippen molar-refractivity contribution in [3.05, 3.63) is 0 Å². The van der Waals surface area contributed by atoms with Crippen LogP contribution in [0.25, 0.3) is 0 Å². The third kappa shape index (κ3) is 2.31. The molecule has 0 atom stereocenters. The molecule has 2 aliphatic rings. The minimum atomic E-state index is 0.0168. The number of hydrogen-bond donors (Lipinski definition) is 0. The van der Waals surface area contributed by atoms with Crippen LogP contribution in [0.2, 0.25) is 0 Å². The lowest BCUT2D eigenvalue weighted by molar-refractivity contribution is 0.0684. The highest BCUT2D eigenvalue weighted by Crippen LogP contribution is 2.42. The van der Waals surface area contributed by atoms with Gasteiger partial charge in [-0.2, -0.15) is 0 Å². The lowest BCUT2D eigenvalue weighted by atomic mass is 9.90. The molecule has 0 aromatic rings. The second kappa shape index (κ2) is 3.53. The first-order valence-corrected chi connectivity index (χ1v) is 6.17. The summed E-state index contributed by atoms with van der Waals surface area (Å²) in [5.41, 5.74) is 0.0168. The van der Waals surface area contributed by atoms with Gasteiger partial charge in [0, 0.05) is 11.0 Å². The zero-order valence-electron chi connectivity index (χ0n) is 9.25. The third-order valence-corrected chi connectivity index (χ3v) is 3.55. The summed E-state index contributed by atoms with van der Waals surface area (Å²) in [6.07, 6.45) is 7.38. The highest BCUT2D eigenvalue weighted by Gasteiger charge is 2.45. The van der Waals surface area contributed by atoms with E-state index in [-0.39, 0.29) is 10.3 Å². The Bertz CT molecular complexity index is 236. The molecule has 2 fully saturated rings. The van der Waals surface area contributed by atoms with Crippen LogP contribution in [-0.2, 0) is 4.74 Å². The maximum Gasteiger partial charge on any atom is 0.104 e. The molecular formula is C11H19NOS. The average Bonchev–Trinajstić information content (AvgIpc) is 2.60. The van der Waals surface area contributed by atoms with E-state index in [0.717, 1.165) is 0 Å². The predicted molar refractivity (Wildman–Crippen MR) is 61.9 cm³/mol. The van der Waals surface area contributed by atoms with E-state index in [0.29, 0.717) is 6.10 Å². The van der Waals surface area contributed by atoms with E-state index < -0.39 is 0 Å². The van der Waals surface area contributed by atoms with Crippen molar-refractivity contribution in [3.63, 3.8) is 0 Å². The van der Waals surface area contributed by atoms with Gasteiger partial charge in [-0.15, -0.1) is 0 Å². The van der Waals surface area contributed by atoms with E-state index in [1.54, 1.807) is 11.9 Å². The Morgan fingerprint density at radius 3 is 2.43 bits per heavy atom. The highest BCUT2D eigenvalue weighted by atomic mass is 32.2. The molecule has 2 aliphatic heterocycles. The van der Waals surface area contributed by atoms with Gasteiger partial charge in [0.1, 0.15) is 5.60 Å². The molecule has 2 heterocycles. The SMILES string of the molecule is CC(C)(C)SN=CC12CCC(CC1)O2. The molecule has 3 heteroatoms. The zero-order chi connectivity index (χ0) is 10.2. The summed E-state index contributed by atoms with van der Waals surface area (Å²) in [6.45, 7) is 6.54. The van der Waals surface area contributed by atoms with Gasteiger partial charge in [0.05, 0.1) is 6.10 Å². The van der Waals surface area contributed by atoms with Crippen LogP contribution < -0.4 is 0 Å². The molecule has 0 spiro atoms. The van der Waals surface area contributed by atoms with Gasteiger partial charge < -0.3 is 4.74 Å². The predicted octanol–water partition coefficient (Wildman–Crippen LogP) is 3.22. The lowest BCUT2D eigenvalue weighted by Crippen LogP contribution is -2.26. The fraction of sp³-hybridized carbons (Fsp3) is 0.909. The van der Waals surface area contributed by atoms with Crippen LogP contribution >= 0.6 is 11.9 Å². The Balaban J connectivity index is 1.91. The van der Waals surface area contributed by atoms with Crippen LogP contribution in [0.4, 0.5) is 0 Å². The van der Waals surface area contributed by atoms with Crippen molar-refractivity contribution in [2.45, 2.75) is 62.9 Å². The monoisotopic (exact) mass is 213 g/mol. The number of rotatable bonds is 2. The quantitative estimate of drug-likeness (QED) is 0.519. The number of nitrogens with zero attached hydrogens (tertiary/aromatic N) is 1. The summed E-state index contributed by atoms with van der Waals surface area (Å²) < 4.78 is 10.6. The van der Waals surface area contributed by atoms with E-state index in [4.69, 9.17) is 4.74 Å². The number of hydrogen-bond acceptors (Lipinski definition) is 3. The van der Waals surface area contributed by atoms with Crippen molar-refractivity contribution in [2.24, 2.45) is 4.40 Å². The summed E-state index contributed by atoms with van der Waals surface area (Å²) in [4.78, 5) is 0. The molecule has 0 amide bonds. The normalized spacial score (nSPS) is 37.2. The molecule has 2 saturated heterocycles. The smallest absolute Gasteiger partial charge is 0.104 e. The van der Waals surface area contributed by atoms with E-state index in [9.17, 15) is 0 Å². The van der Waals surface area contributed by atoms with E-state index >= 15 is 0 Å². The van der Waals surface area contributed by atoms with Crippen molar-refractivity contribution >= 4 is 18.2 Å². The summed E-state index contributed by atoms with van der Waals surface area (Å²) in [7, 11) is 0. The summed E-state index contributed by atoms with van der Waals surface area (Å²) in [6, 6.07) is 0. The minimum absolute atomic E-state index is 0.0168. The van der Waals surface area contributed by atoms with Crippen molar-refractivity contribution in [2.75, 3.05) is 0 Å². The number of ether oxygens (including phenoxy) is 1. The fourth-order valence-electron chi connectivity index (χ4n) is 2.09. The van der Waals surface area contributed by atoms with Crippen LogP contribution in [0.5, 0.6) is 0 Å². The topological polar surface area (TPSA) is 21.6 Å². The molecule has 2 nitrogen and oxygen atoms in total. The Morgan fingerprint density at radius 2 is 2.00 bits per heavy atom. The van der Waals surface area contributed by atoms with Gasteiger partial charge in [-0.05, 0) is 58.4 Å². The molecule has 0 aromatic carbocycles. The van der Waals surface area contributed by atoms with E-state index in [1.165, 1.54) is 25.7 Å². The average molecular weight is 213 g/mol. The molecule has 0 aromatic heterocycles. The Kier molecular flexibility index (Phi) is 2.64. The first-order valence-electron chi connectivity index (χ1n) is 5.40. The Morgan fingerprint density at radius 1 is 1.36 bits per heavy atom. The van der Waals surface area contributed by atoms with Gasteiger partial charge in [0.25, 0.3) is 0 Å². The molecule has 0 radical (unpaired) electrons. The summed E-state index contributed by atoms with van der Waals surface area (Å²) in [5, 5.41) is 0. The lowest BCUT2D eigenvalue weighted by Gasteiger charge is -2.19. The van der Waals surface area contributed by atoms with E-state index in [2.05, 4.69) is 31.4 Å². The standard InChI is InChI=1S/C11H19NOS/c1-10(2,3)14-12-8-11-6-4-9(13-11)5-7-11/h8-9H,4-7H2,1-3H3. The highest BCUT2D eigenvalue weighted by molar-refractivity contribution is 7.99. The van der Waals surface area contributed by atoms with Gasteiger partial charge in [0.15, 0.2) is 0 Å². The largest absolute Gasteiger partial charge is 0.366 e. The van der Waals surface area contributed by atoms with Crippen LogP contribution in [-0.4, -0.2) is 22.7 Å². The van der Waals surface area contributed by atoms with Crippen molar-refractivity contribution in [3.8, 4) is 0 Å². The zero-order valence-corrected chi connectivity index (χ0v) is 10.1. The molecule has 2 bridgehead atoms. The van der Waals surface area contributed by atoms with Crippen molar-refractivity contribution in [1.82, 2.24) is 0 Å². The third-order valence-electron chi connectivity index (χ3n) is 2.79. The van der Waals surface area contributed by atoms with Gasteiger partial charge >= 0.3 is 0 Å². The Labute approximate surface area is 90.6 Å². The summed E-state index contributed by atoms with van der Waals surface area (Å²) >= 11 is 1.64. The van der Waals surface area contributed by atoms with Crippen LogP contribution in [0.3, 0.4) is 0 Å². The maximum atomic E-state index is 5.91. The van der Waals surface area contributed by atoms with Gasteiger partial charge in [0.2, 0.25) is 0 Å². The second-order valence-electron chi connectivity index (χ2n) is 5.32. The first-order chi connectivity index (χ1) is 6.49. The molecule has 80 valence electrons. The molecule has 0 unspecified atom stereocenters. The minimum Gasteiger partial charge on any atom is -0.366 e. The molecular weight excluding hydrogens is 194 g/mol. The first kappa shape index (κ1) is 10.5. The van der Waals surface area contributed by atoms with Gasteiger partial charge in [-0.3, -0.25) is 0 Å². The van der Waals surface area contributed by atoms with Gasteiger partial charge in [-0.25, -0.2) is 4.40 Å². The van der Waals surface area contributed by atoms with Crippen LogP contribution in [0.15, 0.2) is 4.40 Å². The Hall–Kier alpha value is -0.0200. The van der Waals surface area contributed by atoms with Crippen LogP contribution in [0.1, 0.15) is 46.5 Å². The van der Waals surface area contributed by atoms with Crippen LogP contribution in [0, 0.1) is 0 Å². The van der Waals surface area contributed by atoms with Crippen molar-refractivity contribution in [1.29, 1.82) is 0 Å². The molecule has 0 saturated carbocycles.